The van der Waals surface area contributed by atoms with Gasteiger partial charge in [-0.1, -0.05) is 0 Å². The Balaban J connectivity index is 3.21. The second-order valence-corrected chi connectivity index (χ2v) is 2.20. The Hall–Kier alpha value is -0.770. The van der Waals surface area contributed by atoms with Crippen LogP contribution in [0.3, 0.4) is 0 Å². The molecule has 0 aliphatic carbocycles. The summed E-state index contributed by atoms with van der Waals surface area (Å²) >= 11 is 0. The minimum Gasteiger partial charge on any atom is -0.465 e. The summed E-state index contributed by atoms with van der Waals surface area (Å²) in [5.41, 5.74) is 5.22. The highest BCUT2D eigenvalue weighted by molar-refractivity contribution is 5.64. The fourth-order valence-electron chi connectivity index (χ4n) is 0.589. The molecule has 1 amide bonds. The molecule has 0 rings (SSSR count). The molecule has 0 aliphatic heterocycles. The molecule has 0 unspecified atom stereocenters. The average Bonchev–Trinajstić information content (AvgIpc) is 1.88. The van der Waals surface area contributed by atoms with E-state index in [1.807, 2.05) is 0 Å². The van der Waals surface area contributed by atoms with Crippen LogP contribution in [0.5, 0.6) is 0 Å². The summed E-state index contributed by atoms with van der Waals surface area (Å²) in [5.74, 6) is 0. The Bertz CT molecular complexity index is 106. The van der Waals surface area contributed by atoms with Crippen LogP contribution < -0.4 is 5.73 Å². The highest BCUT2D eigenvalue weighted by Crippen LogP contribution is 1.90. The third-order valence-corrected chi connectivity index (χ3v) is 1.27. The van der Waals surface area contributed by atoms with Crippen LogP contribution in [0.15, 0.2) is 0 Å². The zero-order valence-corrected chi connectivity index (χ0v) is 6.21. The van der Waals surface area contributed by atoms with Crippen LogP contribution in [0.4, 0.5) is 4.79 Å². The zero-order chi connectivity index (χ0) is 7.98. The van der Waals surface area contributed by atoms with Gasteiger partial charge in [0.25, 0.3) is 0 Å². The summed E-state index contributed by atoms with van der Waals surface area (Å²) in [6.07, 6.45) is 0.855. The lowest BCUT2D eigenvalue weighted by atomic mass is 10.3. The summed E-state index contributed by atoms with van der Waals surface area (Å²) in [7, 11) is 1.55. The highest BCUT2D eigenvalue weighted by atomic mass is 16.4. The second kappa shape index (κ2) is 5.05. The number of hydrogen-bond donors (Lipinski definition) is 2. The van der Waals surface area contributed by atoms with E-state index in [1.165, 1.54) is 4.90 Å². The predicted octanol–water partition coefficient (Wildman–Crippen LogP) is 0.335. The molecule has 10 heavy (non-hydrogen) atoms. The number of hydrogen-bond acceptors (Lipinski definition) is 2. The molecule has 3 N–H and O–H groups in total. The predicted molar refractivity (Wildman–Crippen MR) is 38.9 cm³/mol. The lowest BCUT2D eigenvalue weighted by Crippen LogP contribution is -2.25. The molecule has 0 spiro atoms. The number of nitrogens with zero attached hydrogens (tertiary/aromatic N) is 1. The van der Waals surface area contributed by atoms with E-state index >= 15 is 0 Å². The summed E-state index contributed by atoms with van der Waals surface area (Å²) in [6, 6.07) is 0. The second-order valence-electron chi connectivity index (χ2n) is 2.20. The van der Waals surface area contributed by atoms with Crippen LogP contribution in [0.25, 0.3) is 0 Å². The van der Waals surface area contributed by atoms with Gasteiger partial charge < -0.3 is 15.7 Å². The first-order valence-electron chi connectivity index (χ1n) is 3.32. The molecule has 0 aromatic heterocycles. The molecule has 0 aliphatic rings. The molecule has 4 heteroatoms. The Kier molecular flexibility index (Phi) is 4.66. The minimum atomic E-state index is -0.878. The van der Waals surface area contributed by atoms with Gasteiger partial charge in [-0.2, -0.15) is 0 Å². The van der Waals surface area contributed by atoms with Gasteiger partial charge >= 0.3 is 6.09 Å². The van der Waals surface area contributed by atoms with E-state index in [0.717, 1.165) is 12.8 Å². The maximum Gasteiger partial charge on any atom is 0.407 e. The minimum absolute atomic E-state index is 0.576. The SMILES string of the molecule is CN(CCCCN)C(=O)O. The van der Waals surface area contributed by atoms with Gasteiger partial charge in [0, 0.05) is 13.6 Å². The molecule has 0 atom stereocenters. The fourth-order valence-corrected chi connectivity index (χ4v) is 0.589. The van der Waals surface area contributed by atoms with Crippen molar-refractivity contribution in [3.63, 3.8) is 0 Å². The van der Waals surface area contributed by atoms with E-state index in [1.54, 1.807) is 7.05 Å². The lowest BCUT2D eigenvalue weighted by molar-refractivity contribution is 0.155. The topological polar surface area (TPSA) is 66.6 Å². The Morgan fingerprint density at radius 3 is 2.60 bits per heavy atom. The van der Waals surface area contributed by atoms with Gasteiger partial charge in [-0.15, -0.1) is 0 Å². The molecule has 0 saturated carbocycles. The number of carbonyl (C=O) groups is 1. The van der Waals surface area contributed by atoms with E-state index in [-0.39, 0.29) is 0 Å². The van der Waals surface area contributed by atoms with E-state index in [4.69, 9.17) is 10.8 Å². The summed E-state index contributed by atoms with van der Waals surface area (Å²) in [6.45, 7) is 1.21. The molecule has 0 heterocycles. The van der Waals surface area contributed by atoms with Gasteiger partial charge in [0.1, 0.15) is 0 Å². The van der Waals surface area contributed by atoms with Crippen molar-refractivity contribution in [2.75, 3.05) is 20.1 Å². The van der Waals surface area contributed by atoms with Crippen LogP contribution in [0.2, 0.25) is 0 Å². The molecule has 0 aromatic rings. The van der Waals surface area contributed by atoms with E-state index in [2.05, 4.69) is 0 Å². The molecular formula is C6H14N2O2. The van der Waals surface area contributed by atoms with Gasteiger partial charge in [-0.3, -0.25) is 0 Å². The van der Waals surface area contributed by atoms with Gasteiger partial charge in [-0.05, 0) is 19.4 Å². The van der Waals surface area contributed by atoms with Crippen LogP contribution in [0.1, 0.15) is 12.8 Å². The normalized spacial score (nSPS) is 9.40. The number of rotatable bonds is 4. The molecule has 0 bridgehead atoms. The van der Waals surface area contributed by atoms with Crippen molar-refractivity contribution in [2.24, 2.45) is 5.73 Å². The summed E-state index contributed by atoms with van der Waals surface area (Å²) < 4.78 is 0. The molecule has 0 aromatic carbocycles. The van der Waals surface area contributed by atoms with E-state index in [9.17, 15) is 4.79 Å². The van der Waals surface area contributed by atoms with Crippen LogP contribution in [-0.4, -0.2) is 36.2 Å². The average molecular weight is 146 g/mol. The van der Waals surface area contributed by atoms with Crippen molar-refractivity contribution in [3.8, 4) is 0 Å². The Morgan fingerprint density at radius 2 is 2.20 bits per heavy atom. The monoisotopic (exact) mass is 146 g/mol. The van der Waals surface area contributed by atoms with Crippen molar-refractivity contribution in [1.82, 2.24) is 4.90 Å². The molecule has 60 valence electrons. The summed E-state index contributed by atoms with van der Waals surface area (Å²) in [4.78, 5) is 11.4. The number of nitrogens with two attached hydrogens (primary N) is 1. The molecule has 0 radical (unpaired) electrons. The van der Waals surface area contributed by atoms with Crippen LogP contribution in [0, 0.1) is 0 Å². The first-order chi connectivity index (χ1) is 4.68. The van der Waals surface area contributed by atoms with E-state index < -0.39 is 6.09 Å². The molecule has 4 nitrogen and oxygen atoms in total. The van der Waals surface area contributed by atoms with Gasteiger partial charge in [-0.25, -0.2) is 4.79 Å². The smallest absolute Gasteiger partial charge is 0.407 e. The van der Waals surface area contributed by atoms with Crippen molar-refractivity contribution < 1.29 is 9.90 Å². The maximum atomic E-state index is 10.2. The Morgan fingerprint density at radius 1 is 1.60 bits per heavy atom. The van der Waals surface area contributed by atoms with Crippen molar-refractivity contribution >= 4 is 6.09 Å². The maximum absolute atomic E-state index is 10.2. The van der Waals surface area contributed by atoms with Crippen molar-refractivity contribution in [2.45, 2.75) is 12.8 Å². The van der Waals surface area contributed by atoms with Crippen molar-refractivity contribution in [3.05, 3.63) is 0 Å². The van der Waals surface area contributed by atoms with Crippen LogP contribution >= 0.6 is 0 Å². The third kappa shape index (κ3) is 4.14. The zero-order valence-electron chi connectivity index (χ0n) is 6.21. The first-order valence-corrected chi connectivity index (χ1v) is 3.32. The number of amides is 1. The standard InChI is InChI=1S/C6H14N2O2/c1-8(6(9)10)5-3-2-4-7/h2-5,7H2,1H3,(H,9,10). The fraction of sp³-hybridized carbons (Fsp3) is 0.833. The lowest BCUT2D eigenvalue weighted by Gasteiger charge is -2.11. The first kappa shape index (κ1) is 9.23. The van der Waals surface area contributed by atoms with Gasteiger partial charge in [0.05, 0.1) is 0 Å². The van der Waals surface area contributed by atoms with E-state index in [0.29, 0.717) is 13.1 Å². The number of carboxylic acid groups (broad SMARTS) is 1. The van der Waals surface area contributed by atoms with Gasteiger partial charge in [0.2, 0.25) is 0 Å². The molecule has 0 saturated heterocycles. The third-order valence-electron chi connectivity index (χ3n) is 1.27. The highest BCUT2D eigenvalue weighted by Gasteiger charge is 2.02. The van der Waals surface area contributed by atoms with Crippen LogP contribution in [-0.2, 0) is 0 Å². The quantitative estimate of drug-likeness (QED) is 0.562. The largest absolute Gasteiger partial charge is 0.465 e. The molecule has 0 fully saturated rings. The van der Waals surface area contributed by atoms with Crippen molar-refractivity contribution in [1.29, 1.82) is 0 Å². The molecular weight excluding hydrogens is 132 g/mol. The van der Waals surface area contributed by atoms with Gasteiger partial charge in [0.15, 0.2) is 0 Å². The summed E-state index contributed by atoms with van der Waals surface area (Å²) in [5, 5.41) is 8.38. The number of unbranched alkanes of at least 4 members (excludes halogenated alkanes) is 1. The Labute approximate surface area is 60.6 Å².